The fourth-order valence-electron chi connectivity index (χ4n) is 5.01. The first-order chi connectivity index (χ1) is 11.6. The van der Waals surface area contributed by atoms with E-state index in [9.17, 15) is 10.1 Å². The molecule has 122 valence electrons. The van der Waals surface area contributed by atoms with E-state index in [0.717, 1.165) is 18.5 Å². The molecule has 1 heterocycles. The summed E-state index contributed by atoms with van der Waals surface area (Å²) >= 11 is 0. The number of benzene rings is 1. The SMILES string of the molecule is CC1C(=O)C(C#N)CC2(c3ccccc3)c3nn(C)cc3CCC12. The lowest BCUT2D eigenvalue weighted by Gasteiger charge is -2.50. The number of carbonyl (C=O) groups is 1. The summed E-state index contributed by atoms with van der Waals surface area (Å²) in [7, 11) is 1.95. The lowest BCUT2D eigenvalue weighted by Crippen LogP contribution is -2.52. The average Bonchev–Trinajstić information content (AvgIpc) is 2.99. The third-order valence-electron chi connectivity index (χ3n) is 6.05. The second-order valence-electron chi connectivity index (χ2n) is 7.24. The van der Waals surface area contributed by atoms with Gasteiger partial charge < -0.3 is 0 Å². The summed E-state index contributed by atoms with van der Waals surface area (Å²) in [5, 5.41) is 14.4. The third kappa shape index (κ3) is 1.91. The first kappa shape index (κ1) is 15.1. The number of aryl methyl sites for hydroxylation is 2. The highest BCUT2D eigenvalue weighted by atomic mass is 16.1. The second-order valence-corrected chi connectivity index (χ2v) is 7.24. The molecule has 0 spiro atoms. The van der Waals surface area contributed by atoms with Gasteiger partial charge in [0, 0.05) is 24.6 Å². The van der Waals surface area contributed by atoms with Gasteiger partial charge in [0.15, 0.2) is 5.78 Å². The zero-order valence-corrected chi connectivity index (χ0v) is 14.1. The molecule has 4 atom stereocenters. The molecule has 0 radical (unpaired) electrons. The van der Waals surface area contributed by atoms with Gasteiger partial charge in [-0.15, -0.1) is 0 Å². The minimum absolute atomic E-state index is 0.105. The van der Waals surface area contributed by atoms with Crippen molar-refractivity contribution in [3.63, 3.8) is 0 Å². The van der Waals surface area contributed by atoms with Gasteiger partial charge >= 0.3 is 0 Å². The van der Waals surface area contributed by atoms with Crippen LogP contribution < -0.4 is 0 Å². The quantitative estimate of drug-likeness (QED) is 0.812. The number of ketones is 1. The Morgan fingerprint density at radius 3 is 2.79 bits per heavy atom. The van der Waals surface area contributed by atoms with Gasteiger partial charge in [0.25, 0.3) is 0 Å². The third-order valence-corrected chi connectivity index (χ3v) is 6.05. The van der Waals surface area contributed by atoms with Crippen LogP contribution in [0.25, 0.3) is 0 Å². The molecule has 2 aliphatic rings. The number of rotatable bonds is 1. The van der Waals surface area contributed by atoms with Crippen LogP contribution in [0.15, 0.2) is 36.5 Å². The number of hydrogen-bond acceptors (Lipinski definition) is 3. The zero-order valence-electron chi connectivity index (χ0n) is 14.1. The molecule has 4 rings (SSSR count). The summed E-state index contributed by atoms with van der Waals surface area (Å²) in [6.07, 6.45) is 4.57. The number of Topliss-reactive ketones (excluding diaryl/α,β-unsaturated/α-hetero) is 1. The van der Waals surface area contributed by atoms with Crippen LogP contribution >= 0.6 is 0 Å². The predicted molar refractivity (Wildman–Crippen MR) is 90.1 cm³/mol. The van der Waals surface area contributed by atoms with Gasteiger partial charge in [-0.25, -0.2) is 0 Å². The van der Waals surface area contributed by atoms with Gasteiger partial charge in [0.2, 0.25) is 0 Å². The van der Waals surface area contributed by atoms with Crippen molar-refractivity contribution in [3.05, 3.63) is 53.3 Å². The molecule has 0 aliphatic heterocycles. The number of nitriles is 1. The maximum absolute atomic E-state index is 12.7. The van der Waals surface area contributed by atoms with Crippen molar-refractivity contribution in [2.24, 2.45) is 24.8 Å². The topological polar surface area (TPSA) is 58.7 Å². The molecule has 2 aromatic rings. The summed E-state index contributed by atoms with van der Waals surface area (Å²) in [5.74, 6) is -0.351. The van der Waals surface area contributed by atoms with Crippen LogP contribution in [0, 0.1) is 29.1 Å². The smallest absolute Gasteiger partial charge is 0.153 e. The van der Waals surface area contributed by atoms with Gasteiger partial charge in [-0.2, -0.15) is 10.4 Å². The van der Waals surface area contributed by atoms with Crippen molar-refractivity contribution in [2.45, 2.75) is 31.6 Å². The maximum Gasteiger partial charge on any atom is 0.153 e. The molecule has 0 amide bonds. The molecule has 1 aromatic heterocycles. The molecule has 1 saturated carbocycles. The highest BCUT2D eigenvalue weighted by molar-refractivity contribution is 5.87. The Balaban J connectivity index is 2.00. The Morgan fingerprint density at radius 2 is 2.08 bits per heavy atom. The lowest BCUT2D eigenvalue weighted by molar-refractivity contribution is -0.131. The van der Waals surface area contributed by atoms with Gasteiger partial charge in [-0.3, -0.25) is 9.48 Å². The van der Waals surface area contributed by atoms with Crippen LogP contribution in [-0.4, -0.2) is 15.6 Å². The standard InChI is InChI=1S/C20H21N3O/c1-13-17-9-8-14-12-23(2)22-19(14)20(17,10-15(11-21)18(13)24)16-6-4-3-5-7-16/h3-7,12-13,15,17H,8-10H2,1-2H3. The first-order valence-electron chi connectivity index (χ1n) is 8.60. The van der Waals surface area contributed by atoms with Gasteiger partial charge in [-0.05, 0) is 36.3 Å². The minimum atomic E-state index is -0.551. The molecule has 2 aliphatic carbocycles. The Morgan fingerprint density at radius 1 is 1.33 bits per heavy atom. The van der Waals surface area contributed by atoms with E-state index in [1.807, 2.05) is 36.9 Å². The van der Waals surface area contributed by atoms with E-state index < -0.39 is 5.92 Å². The Bertz CT molecular complexity index is 832. The summed E-state index contributed by atoms with van der Waals surface area (Å²) in [4.78, 5) is 12.7. The number of carbonyl (C=O) groups excluding carboxylic acids is 1. The van der Waals surface area contributed by atoms with Crippen LogP contribution in [0.5, 0.6) is 0 Å². The van der Waals surface area contributed by atoms with Crippen LogP contribution in [-0.2, 0) is 23.7 Å². The minimum Gasteiger partial charge on any atom is -0.298 e. The number of nitrogens with zero attached hydrogens (tertiary/aromatic N) is 3. The van der Waals surface area contributed by atoms with Crippen LogP contribution in [0.1, 0.15) is 36.6 Å². The van der Waals surface area contributed by atoms with E-state index in [2.05, 4.69) is 24.4 Å². The molecule has 0 saturated heterocycles. The number of hydrogen-bond donors (Lipinski definition) is 0. The highest BCUT2D eigenvalue weighted by Crippen LogP contribution is 2.55. The maximum atomic E-state index is 12.7. The van der Waals surface area contributed by atoms with Gasteiger partial charge in [0.05, 0.1) is 11.8 Å². The van der Waals surface area contributed by atoms with E-state index in [1.54, 1.807) is 0 Å². The van der Waals surface area contributed by atoms with Gasteiger partial charge in [-0.1, -0.05) is 37.3 Å². The number of fused-ring (bicyclic) bond motifs is 3. The van der Waals surface area contributed by atoms with Crippen molar-refractivity contribution in [2.75, 3.05) is 0 Å². The second kappa shape index (κ2) is 5.31. The summed E-state index contributed by atoms with van der Waals surface area (Å²) in [5.41, 5.74) is 3.20. The molecule has 4 nitrogen and oxygen atoms in total. The summed E-state index contributed by atoms with van der Waals surface area (Å²) in [6, 6.07) is 12.6. The summed E-state index contributed by atoms with van der Waals surface area (Å²) < 4.78 is 1.88. The van der Waals surface area contributed by atoms with Crippen LogP contribution in [0.3, 0.4) is 0 Å². The van der Waals surface area contributed by atoms with E-state index in [1.165, 1.54) is 11.1 Å². The molecule has 1 aromatic carbocycles. The average molecular weight is 319 g/mol. The van der Waals surface area contributed by atoms with Gasteiger partial charge in [0.1, 0.15) is 5.92 Å². The predicted octanol–water partition coefficient (Wildman–Crippen LogP) is 3.02. The van der Waals surface area contributed by atoms with Crippen molar-refractivity contribution < 1.29 is 4.79 Å². The molecular formula is C20H21N3O. The number of aromatic nitrogens is 2. The Hall–Kier alpha value is -2.41. The molecule has 4 heteroatoms. The largest absolute Gasteiger partial charge is 0.298 e. The van der Waals surface area contributed by atoms with E-state index in [4.69, 9.17) is 5.10 Å². The highest BCUT2D eigenvalue weighted by Gasteiger charge is 2.56. The van der Waals surface area contributed by atoms with Crippen molar-refractivity contribution in [1.82, 2.24) is 9.78 Å². The van der Waals surface area contributed by atoms with E-state index in [0.29, 0.717) is 6.42 Å². The fraction of sp³-hybridized carbons (Fsp3) is 0.450. The molecule has 1 fully saturated rings. The fourth-order valence-corrected chi connectivity index (χ4v) is 5.01. The van der Waals surface area contributed by atoms with E-state index in [-0.39, 0.29) is 23.0 Å². The van der Waals surface area contributed by atoms with Crippen molar-refractivity contribution in [3.8, 4) is 6.07 Å². The van der Waals surface area contributed by atoms with Crippen LogP contribution in [0.2, 0.25) is 0 Å². The Labute approximate surface area is 142 Å². The van der Waals surface area contributed by atoms with Crippen molar-refractivity contribution in [1.29, 1.82) is 5.26 Å². The lowest BCUT2D eigenvalue weighted by atomic mass is 9.51. The van der Waals surface area contributed by atoms with Crippen LogP contribution in [0.4, 0.5) is 0 Å². The normalized spacial score (nSPS) is 31.9. The van der Waals surface area contributed by atoms with Crippen molar-refractivity contribution >= 4 is 5.78 Å². The Kier molecular flexibility index (Phi) is 3.35. The van der Waals surface area contributed by atoms with E-state index >= 15 is 0 Å². The zero-order chi connectivity index (χ0) is 16.9. The molecule has 0 N–H and O–H groups in total. The molecular weight excluding hydrogens is 298 g/mol. The molecule has 0 bridgehead atoms. The first-order valence-corrected chi connectivity index (χ1v) is 8.60. The summed E-state index contributed by atoms with van der Waals surface area (Å²) in [6.45, 7) is 2.00. The molecule has 4 unspecified atom stereocenters. The monoisotopic (exact) mass is 319 g/mol. The molecule has 24 heavy (non-hydrogen) atoms.